The van der Waals surface area contributed by atoms with Crippen molar-refractivity contribution in [2.24, 2.45) is 33.9 Å². The second kappa shape index (κ2) is 11.2. The molecule has 6 atom stereocenters. The van der Waals surface area contributed by atoms with Crippen LogP contribution in [0, 0.1) is 23.7 Å². The molecule has 220 valence electrons. The molecule has 2 aliphatic heterocycles. The number of hydrogen-bond donors (Lipinski definition) is 2. The Bertz CT molecular complexity index is 1550. The minimum Gasteiger partial charge on any atom is -0.288 e. The summed E-state index contributed by atoms with van der Waals surface area (Å²) in [5, 5.41) is 12.5. The highest BCUT2D eigenvalue weighted by Crippen LogP contribution is 2.51. The van der Waals surface area contributed by atoms with E-state index in [0.717, 1.165) is 44.9 Å². The second-order valence-corrected chi connectivity index (χ2v) is 12.5. The Morgan fingerprint density at radius 2 is 1.09 bits per heavy atom. The number of carbonyl (C=O) groups is 4. The lowest BCUT2D eigenvalue weighted by molar-refractivity contribution is 0.0862. The molecule has 0 spiro atoms. The lowest BCUT2D eigenvalue weighted by atomic mass is 9.65. The molecule has 4 aliphatic rings. The lowest BCUT2D eigenvalue weighted by Crippen LogP contribution is -2.28. The molecule has 0 saturated heterocycles. The van der Waals surface area contributed by atoms with Crippen molar-refractivity contribution < 1.29 is 19.2 Å². The number of azide groups is 2. The number of hydrogen-bond acceptors (Lipinski definition) is 6. The van der Waals surface area contributed by atoms with Crippen molar-refractivity contribution in [3.05, 3.63) is 78.5 Å². The Morgan fingerprint density at radius 3 is 1.47 bits per heavy atom. The molecule has 0 bridgehead atoms. The van der Waals surface area contributed by atoms with Gasteiger partial charge in [0.25, 0.3) is 23.6 Å². The normalized spacial score (nSPS) is 27.9. The largest absolute Gasteiger partial charge is 0.288 e. The fourth-order valence-electron chi connectivity index (χ4n) is 8.34. The molecule has 43 heavy (non-hydrogen) atoms. The monoisotopic (exact) mass is 580 g/mol. The predicted molar refractivity (Wildman–Crippen MR) is 157 cm³/mol. The fraction of sp³-hybridized carbons (Fsp3) is 0.484. The van der Waals surface area contributed by atoms with Gasteiger partial charge in [-0.3, -0.25) is 29.8 Å². The Balaban J connectivity index is 1.17. The first-order valence-corrected chi connectivity index (χ1v) is 14.9. The number of benzene rings is 2. The van der Waals surface area contributed by atoms with Crippen LogP contribution in [-0.2, 0) is 0 Å². The number of nitrogens with one attached hydrogen (secondary N) is 2. The van der Waals surface area contributed by atoms with E-state index in [0.29, 0.717) is 56.6 Å². The van der Waals surface area contributed by atoms with Crippen LogP contribution in [0.1, 0.15) is 123 Å². The van der Waals surface area contributed by atoms with Crippen LogP contribution in [-0.4, -0.2) is 23.6 Å². The average Bonchev–Trinajstić information content (AvgIpc) is 3.43. The third-order valence-corrected chi connectivity index (χ3v) is 10.1. The molecule has 2 aromatic rings. The summed E-state index contributed by atoms with van der Waals surface area (Å²) in [7, 11) is 0. The van der Waals surface area contributed by atoms with Gasteiger partial charge in [0.05, 0.1) is 22.3 Å². The topological polar surface area (TPSA) is 190 Å². The minimum atomic E-state index is -0.431. The zero-order chi connectivity index (χ0) is 30.4. The first kappa shape index (κ1) is 28.5. The number of amides is 4. The molecule has 2 N–H and O–H groups in total. The Hall–Kier alpha value is -4.66. The smallest absolute Gasteiger partial charge is 0.259 e. The van der Waals surface area contributed by atoms with Crippen molar-refractivity contribution in [1.29, 1.82) is 0 Å². The van der Waals surface area contributed by atoms with Gasteiger partial charge < -0.3 is 0 Å². The molecular formula is C31H32N8O4. The molecule has 2 aliphatic carbocycles. The summed E-state index contributed by atoms with van der Waals surface area (Å²) < 4.78 is 0. The van der Waals surface area contributed by atoms with Gasteiger partial charge in [0.1, 0.15) is 0 Å². The second-order valence-electron chi connectivity index (χ2n) is 12.5. The first-order valence-electron chi connectivity index (χ1n) is 14.9. The summed E-state index contributed by atoms with van der Waals surface area (Å²) in [5.74, 6) is -0.236. The molecule has 6 unspecified atom stereocenters. The van der Waals surface area contributed by atoms with E-state index in [-0.39, 0.29) is 23.7 Å². The highest BCUT2D eigenvalue weighted by atomic mass is 16.2. The summed E-state index contributed by atoms with van der Waals surface area (Å²) in [6.07, 6.45) is 6.58. The van der Waals surface area contributed by atoms with Gasteiger partial charge in [0.15, 0.2) is 0 Å². The lowest BCUT2D eigenvalue weighted by Gasteiger charge is -2.40. The van der Waals surface area contributed by atoms with Crippen molar-refractivity contribution >= 4 is 35.0 Å². The minimum absolute atomic E-state index is 0.00570. The molecule has 12 heteroatoms. The number of nitrogens with zero attached hydrogens (tertiary/aromatic N) is 6. The Morgan fingerprint density at radius 1 is 0.674 bits per heavy atom. The van der Waals surface area contributed by atoms with Gasteiger partial charge in [0, 0.05) is 21.2 Å². The third kappa shape index (κ3) is 4.92. The predicted octanol–water partition coefficient (Wildman–Crippen LogP) is 7.47. The van der Waals surface area contributed by atoms with Crippen molar-refractivity contribution in [3.63, 3.8) is 0 Å². The van der Waals surface area contributed by atoms with Gasteiger partial charge in [0.2, 0.25) is 0 Å². The Kier molecular flexibility index (Phi) is 7.42. The molecule has 2 fully saturated rings. The number of carbonyl (C=O) groups excluding carboxylic acids is 4. The summed E-state index contributed by atoms with van der Waals surface area (Å²) in [6.45, 7) is 4.34. The van der Waals surface area contributed by atoms with Crippen LogP contribution >= 0.6 is 0 Å². The van der Waals surface area contributed by atoms with E-state index < -0.39 is 23.6 Å². The maximum Gasteiger partial charge on any atom is 0.259 e. The van der Waals surface area contributed by atoms with Crippen molar-refractivity contribution in [3.8, 4) is 0 Å². The SMILES string of the molecule is CC1CC(CC2CCC(c3c(N=[N+]=[N-])ccc4c3C(=O)NC4=O)C(C)C2)CCC1c1c(N=[N+]=[N-])ccc2c1C(=O)NC2=O. The van der Waals surface area contributed by atoms with Crippen molar-refractivity contribution in [2.75, 3.05) is 0 Å². The summed E-state index contributed by atoms with van der Waals surface area (Å²) in [6, 6.07) is 6.39. The molecule has 0 radical (unpaired) electrons. The van der Waals surface area contributed by atoms with Crippen LogP contribution in [0.4, 0.5) is 11.4 Å². The van der Waals surface area contributed by atoms with E-state index >= 15 is 0 Å². The zero-order valence-electron chi connectivity index (χ0n) is 24.0. The summed E-state index contributed by atoms with van der Waals surface area (Å²) in [5.41, 5.74) is 21.9. The molecule has 2 heterocycles. The van der Waals surface area contributed by atoms with E-state index in [1.165, 1.54) is 0 Å². The third-order valence-electron chi connectivity index (χ3n) is 10.1. The number of rotatable bonds is 6. The van der Waals surface area contributed by atoms with Gasteiger partial charge in [-0.15, -0.1) is 0 Å². The van der Waals surface area contributed by atoms with Crippen LogP contribution in [0.15, 0.2) is 34.5 Å². The van der Waals surface area contributed by atoms with Crippen LogP contribution in [0.25, 0.3) is 20.9 Å². The first-order chi connectivity index (χ1) is 20.7. The molecule has 2 saturated carbocycles. The van der Waals surface area contributed by atoms with Gasteiger partial charge in [-0.25, -0.2) is 0 Å². The van der Waals surface area contributed by atoms with E-state index in [1.54, 1.807) is 24.3 Å². The van der Waals surface area contributed by atoms with Gasteiger partial charge in [-0.2, -0.15) is 0 Å². The summed E-state index contributed by atoms with van der Waals surface area (Å²) in [4.78, 5) is 56.0. The Labute approximate surface area is 247 Å². The number of imide groups is 2. The highest BCUT2D eigenvalue weighted by Gasteiger charge is 2.40. The van der Waals surface area contributed by atoms with Crippen LogP contribution in [0.2, 0.25) is 0 Å². The van der Waals surface area contributed by atoms with E-state index in [2.05, 4.69) is 44.5 Å². The van der Waals surface area contributed by atoms with Crippen molar-refractivity contribution in [1.82, 2.24) is 10.6 Å². The summed E-state index contributed by atoms with van der Waals surface area (Å²) >= 11 is 0. The quantitative estimate of drug-likeness (QED) is 0.155. The van der Waals surface area contributed by atoms with Crippen LogP contribution in [0.5, 0.6) is 0 Å². The van der Waals surface area contributed by atoms with E-state index in [9.17, 15) is 19.2 Å². The van der Waals surface area contributed by atoms with Gasteiger partial charge in [-0.05, 0) is 115 Å². The average molecular weight is 581 g/mol. The van der Waals surface area contributed by atoms with Crippen molar-refractivity contribution in [2.45, 2.75) is 70.6 Å². The molecular weight excluding hydrogens is 548 g/mol. The highest BCUT2D eigenvalue weighted by molar-refractivity contribution is 6.23. The molecule has 2 aromatic carbocycles. The van der Waals surface area contributed by atoms with E-state index in [4.69, 9.17) is 11.1 Å². The van der Waals surface area contributed by atoms with Gasteiger partial charge >= 0.3 is 0 Å². The van der Waals surface area contributed by atoms with Crippen LogP contribution < -0.4 is 10.6 Å². The molecule has 4 amide bonds. The number of fused-ring (bicyclic) bond motifs is 2. The fourth-order valence-corrected chi connectivity index (χ4v) is 8.34. The van der Waals surface area contributed by atoms with Gasteiger partial charge in [-0.1, -0.05) is 36.2 Å². The maximum atomic E-state index is 12.7. The zero-order valence-corrected chi connectivity index (χ0v) is 24.0. The molecule has 0 aromatic heterocycles. The maximum absolute atomic E-state index is 12.7. The van der Waals surface area contributed by atoms with E-state index in [1.807, 2.05) is 0 Å². The standard InChI is InChI=1S/C31H32N8O4/c1-14-11-16(3-5-18(14)24-22(36-38-32)9-7-20-26(24)30(42)34-28(20)40)13-17-4-6-19(15(2)12-17)25-23(37-39-33)10-8-21-27(25)31(43)35-29(21)41/h7-10,14-19H,3-6,11-13H2,1-2H3,(H,34,40,42)(H,35,41,43). The molecule has 6 rings (SSSR count). The van der Waals surface area contributed by atoms with Crippen LogP contribution in [0.3, 0.4) is 0 Å². The molecule has 12 nitrogen and oxygen atoms in total.